The Kier molecular flexibility index (Phi) is 5.45. The molecule has 0 saturated heterocycles. The van der Waals surface area contributed by atoms with E-state index in [1.165, 1.54) is 0 Å². The highest BCUT2D eigenvalue weighted by molar-refractivity contribution is 7.92. The third-order valence-electron chi connectivity index (χ3n) is 5.23. The summed E-state index contributed by atoms with van der Waals surface area (Å²) in [4.78, 5) is 0.326. The Bertz CT molecular complexity index is 882. The fourth-order valence-corrected chi connectivity index (χ4v) is 6.43. The number of aryl methyl sites for hydroxylation is 1. The van der Waals surface area contributed by atoms with Gasteiger partial charge in [0.2, 0.25) is 0 Å². The molecule has 0 bridgehead atoms. The predicted molar refractivity (Wildman–Crippen MR) is 104 cm³/mol. The van der Waals surface area contributed by atoms with Crippen molar-refractivity contribution in [3.8, 4) is 0 Å². The van der Waals surface area contributed by atoms with Crippen LogP contribution in [0.15, 0.2) is 53.4 Å². The number of sulfone groups is 1. The van der Waals surface area contributed by atoms with Crippen LogP contribution in [0.2, 0.25) is 5.02 Å². The highest BCUT2D eigenvalue weighted by atomic mass is 35.5. The molecular formula is C20H24ClNO3S. The normalized spacial score (nSPS) is 25.2. The minimum atomic E-state index is -3.55. The zero-order valence-electron chi connectivity index (χ0n) is 15.0. The lowest BCUT2D eigenvalue weighted by molar-refractivity contribution is 0.101. The van der Waals surface area contributed by atoms with Crippen LogP contribution in [0.3, 0.4) is 0 Å². The molecule has 3 atom stereocenters. The average Bonchev–Trinajstić information content (AvgIpc) is 3.31. The molecule has 0 radical (unpaired) electrons. The van der Waals surface area contributed by atoms with E-state index in [1.54, 1.807) is 18.2 Å². The lowest BCUT2D eigenvalue weighted by atomic mass is 10.00. The Labute approximate surface area is 160 Å². The van der Waals surface area contributed by atoms with Gasteiger partial charge in [-0.15, -0.1) is 0 Å². The first-order valence-electron chi connectivity index (χ1n) is 8.70. The van der Waals surface area contributed by atoms with Crippen molar-refractivity contribution >= 4 is 21.4 Å². The van der Waals surface area contributed by atoms with E-state index in [-0.39, 0.29) is 12.5 Å². The number of hydrogen-bond donors (Lipinski definition) is 1. The fraction of sp³-hybridized carbons (Fsp3) is 0.400. The smallest absolute Gasteiger partial charge is 0.182 e. The number of ether oxygens (including phenoxy) is 1. The Morgan fingerprint density at radius 2 is 1.88 bits per heavy atom. The maximum Gasteiger partial charge on any atom is 0.182 e. The zero-order valence-corrected chi connectivity index (χ0v) is 16.6. The first-order valence-corrected chi connectivity index (χ1v) is 10.6. The van der Waals surface area contributed by atoms with Gasteiger partial charge >= 0.3 is 0 Å². The average molecular weight is 394 g/mol. The van der Waals surface area contributed by atoms with Crippen LogP contribution in [-0.4, -0.2) is 33.4 Å². The molecule has 1 saturated carbocycles. The van der Waals surface area contributed by atoms with Crippen molar-refractivity contribution in [2.24, 2.45) is 11.1 Å². The maximum atomic E-state index is 13.4. The molecular weight excluding hydrogens is 370 g/mol. The van der Waals surface area contributed by atoms with Gasteiger partial charge in [-0.25, -0.2) is 8.42 Å². The first kappa shape index (κ1) is 19.4. The van der Waals surface area contributed by atoms with Gasteiger partial charge in [0, 0.05) is 29.5 Å². The van der Waals surface area contributed by atoms with Crippen LogP contribution < -0.4 is 5.73 Å². The summed E-state index contributed by atoms with van der Waals surface area (Å²) in [6.07, 6.45) is 0. The maximum absolute atomic E-state index is 13.4. The topological polar surface area (TPSA) is 69.4 Å². The quantitative estimate of drug-likeness (QED) is 0.780. The van der Waals surface area contributed by atoms with Gasteiger partial charge in [-0.1, -0.05) is 41.4 Å². The zero-order chi connectivity index (χ0) is 18.9. The highest BCUT2D eigenvalue weighted by Crippen LogP contribution is 2.63. The number of nitrogens with two attached hydrogens (primary N) is 1. The van der Waals surface area contributed by atoms with Crippen LogP contribution in [-0.2, 0) is 14.6 Å². The second-order valence-corrected chi connectivity index (χ2v) is 9.39. The molecule has 2 N–H and O–H groups in total. The summed E-state index contributed by atoms with van der Waals surface area (Å²) in [5.41, 5.74) is 7.36. The van der Waals surface area contributed by atoms with Crippen molar-refractivity contribution < 1.29 is 13.2 Å². The van der Waals surface area contributed by atoms with Gasteiger partial charge in [0.05, 0.1) is 16.8 Å². The van der Waals surface area contributed by atoms with E-state index in [1.807, 2.05) is 44.2 Å². The van der Waals surface area contributed by atoms with E-state index in [2.05, 4.69) is 0 Å². The Hall–Kier alpha value is -1.40. The molecule has 0 amide bonds. The van der Waals surface area contributed by atoms with Crippen molar-refractivity contribution in [3.63, 3.8) is 0 Å². The first-order chi connectivity index (χ1) is 12.4. The lowest BCUT2D eigenvalue weighted by Gasteiger charge is -2.16. The summed E-state index contributed by atoms with van der Waals surface area (Å²) < 4.78 is 32.4. The van der Waals surface area contributed by atoms with E-state index in [0.717, 1.165) is 11.1 Å². The Morgan fingerprint density at radius 1 is 1.19 bits per heavy atom. The molecule has 4 nitrogen and oxygen atoms in total. The van der Waals surface area contributed by atoms with Gasteiger partial charge in [-0.2, -0.15) is 0 Å². The molecule has 0 unspecified atom stereocenters. The van der Waals surface area contributed by atoms with Crippen molar-refractivity contribution in [3.05, 3.63) is 64.7 Å². The lowest BCUT2D eigenvalue weighted by Crippen LogP contribution is -2.29. The summed E-state index contributed by atoms with van der Waals surface area (Å²) in [6.45, 7) is 4.89. The molecule has 3 rings (SSSR count). The van der Waals surface area contributed by atoms with Crippen molar-refractivity contribution in [1.82, 2.24) is 0 Å². The molecule has 140 valence electrons. The molecule has 6 heteroatoms. The molecule has 1 fully saturated rings. The molecule has 0 spiro atoms. The third kappa shape index (κ3) is 3.29. The second kappa shape index (κ2) is 7.31. The van der Waals surface area contributed by atoms with Gasteiger partial charge in [-0.05, 0) is 43.7 Å². The van der Waals surface area contributed by atoms with Crippen LogP contribution in [0.1, 0.15) is 24.0 Å². The minimum absolute atomic E-state index is 0.232. The molecule has 2 aromatic rings. The summed E-state index contributed by atoms with van der Waals surface area (Å²) in [6, 6.07) is 14.3. The summed E-state index contributed by atoms with van der Waals surface area (Å²) in [7, 11) is -3.55. The van der Waals surface area contributed by atoms with Crippen LogP contribution in [0.5, 0.6) is 0 Å². The monoisotopic (exact) mass is 393 g/mol. The minimum Gasteiger partial charge on any atom is -0.381 e. The van der Waals surface area contributed by atoms with Crippen molar-refractivity contribution in [2.45, 2.75) is 29.9 Å². The van der Waals surface area contributed by atoms with Gasteiger partial charge in [-0.3, -0.25) is 0 Å². The highest BCUT2D eigenvalue weighted by Gasteiger charge is 2.70. The van der Waals surface area contributed by atoms with Crippen LogP contribution in [0.4, 0.5) is 0 Å². The molecule has 0 aliphatic heterocycles. The van der Waals surface area contributed by atoms with Gasteiger partial charge in [0.15, 0.2) is 9.84 Å². The molecule has 2 aromatic carbocycles. The van der Waals surface area contributed by atoms with Gasteiger partial charge in [0.1, 0.15) is 0 Å². The standard InChI is InChI=1S/C20H24ClNO3S/c1-3-25-13-20(12-22)18(15-5-4-6-16(21)11-15)19(20)26(23,24)17-9-7-14(2)8-10-17/h4-11,18-19H,3,12-13,22H2,1-2H3/t18-,19+,20+/m1/s1. The summed E-state index contributed by atoms with van der Waals surface area (Å²) in [5, 5.41) is -0.0315. The number of hydrogen-bond acceptors (Lipinski definition) is 4. The van der Waals surface area contributed by atoms with E-state index < -0.39 is 20.5 Å². The summed E-state index contributed by atoms with van der Waals surface area (Å²) >= 11 is 6.14. The number of halogens is 1. The van der Waals surface area contributed by atoms with Crippen molar-refractivity contribution in [2.75, 3.05) is 19.8 Å². The fourth-order valence-electron chi connectivity index (χ4n) is 3.79. The molecule has 1 aliphatic rings. The summed E-state index contributed by atoms with van der Waals surface area (Å²) in [5.74, 6) is -0.232. The Balaban J connectivity index is 2.05. The van der Waals surface area contributed by atoms with Crippen LogP contribution >= 0.6 is 11.6 Å². The molecule has 1 aliphatic carbocycles. The van der Waals surface area contributed by atoms with Crippen molar-refractivity contribution in [1.29, 1.82) is 0 Å². The van der Waals surface area contributed by atoms with Crippen LogP contribution in [0, 0.1) is 12.3 Å². The molecule has 0 aromatic heterocycles. The largest absolute Gasteiger partial charge is 0.381 e. The van der Waals surface area contributed by atoms with E-state index in [0.29, 0.717) is 23.1 Å². The SMILES string of the molecule is CCOC[C@@]1(CN)[C@H](c2cccc(Cl)c2)[C@@H]1S(=O)(=O)c1ccc(C)cc1. The van der Waals surface area contributed by atoms with Gasteiger partial charge < -0.3 is 10.5 Å². The van der Waals surface area contributed by atoms with Crippen LogP contribution in [0.25, 0.3) is 0 Å². The molecule has 0 heterocycles. The van der Waals surface area contributed by atoms with E-state index in [9.17, 15) is 8.42 Å². The van der Waals surface area contributed by atoms with Gasteiger partial charge in [0.25, 0.3) is 0 Å². The van der Waals surface area contributed by atoms with E-state index in [4.69, 9.17) is 22.1 Å². The second-order valence-electron chi connectivity index (χ2n) is 6.89. The molecule has 26 heavy (non-hydrogen) atoms. The number of rotatable bonds is 7. The predicted octanol–water partition coefficient (Wildman–Crippen LogP) is 3.57. The Morgan fingerprint density at radius 3 is 2.46 bits per heavy atom. The number of benzene rings is 2. The third-order valence-corrected chi connectivity index (χ3v) is 7.80. The van der Waals surface area contributed by atoms with E-state index >= 15 is 0 Å².